The summed E-state index contributed by atoms with van der Waals surface area (Å²) in [5.74, 6) is 0.183. The van der Waals surface area contributed by atoms with Gasteiger partial charge in [0.15, 0.2) is 6.61 Å². The lowest BCUT2D eigenvalue weighted by molar-refractivity contribution is -0.384. The van der Waals surface area contributed by atoms with Crippen LogP contribution in [0.1, 0.15) is 5.56 Å². The van der Waals surface area contributed by atoms with Gasteiger partial charge in [-0.3, -0.25) is 14.9 Å². The number of nitrogens with one attached hydrogen (secondary N) is 1. The lowest BCUT2D eigenvalue weighted by Crippen LogP contribution is -2.20. The third-order valence-corrected chi connectivity index (χ3v) is 3.11. The molecule has 2 aromatic carbocycles. The maximum Gasteiger partial charge on any atom is 0.271 e. The van der Waals surface area contributed by atoms with Gasteiger partial charge in [0, 0.05) is 12.1 Å². The number of hydrogen-bond donors (Lipinski definition) is 1. The van der Waals surface area contributed by atoms with Crippen LogP contribution in [-0.4, -0.2) is 17.4 Å². The Bertz CT molecular complexity index is 718. The fourth-order valence-corrected chi connectivity index (χ4v) is 1.98. The second kappa shape index (κ2) is 6.91. The SMILES string of the molecule is Cc1cccc(OCC(=O)Nc2ccc([N+](=O)[O-])cc2Cl)c1. The number of carbonyl (C=O) groups excluding carboxylic acids is 1. The van der Waals surface area contributed by atoms with Gasteiger partial charge in [0.05, 0.1) is 15.6 Å². The second-order valence-electron chi connectivity index (χ2n) is 4.57. The molecule has 1 amide bonds. The number of non-ortho nitro benzene ring substituents is 1. The molecule has 0 atom stereocenters. The summed E-state index contributed by atoms with van der Waals surface area (Å²) in [5.41, 5.74) is 1.18. The van der Waals surface area contributed by atoms with Crippen molar-refractivity contribution in [2.24, 2.45) is 0 Å². The molecule has 0 spiro atoms. The number of carbonyl (C=O) groups is 1. The first kappa shape index (κ1) is 15.8. The van der Waals surface area contributed by atoms with Crippen LogP contribution in [0.2, 0.25) is 5.02 Å². The first-order valence-corrected chi connectivity index (χ1v) is 6.77. The van der Waals surface area contributed by atoms with Crippen LogP contribution < -0.4 is 10.1 Å². The van der Waals surface area contributed by atoms with Crippen LogP contribution in [-0.2, 0) is 4.79 Å². The highest BCUT2D eigenvalue weighted by molar-refractivity contribution is 6.34. The van der Waals surface area contributed by atoms with Crippen molar-refractivity contribution in [3.8, 4) is 5.75 Å². The Morgan fingerprint density at radius 2 is 2.09 bits per heavy atom. The lowest BCUT2D eigenvalue weighted by Gasteiger charge is -2.09. The van der Waals surface area contributed by atoms with E-state index in [4.69, 9.17) is 16.3 Å². The van der Waals surface area contributed by atoms with Crippen molar-refractivity contribution in [3.05, 3.63) is 63.2 Å². The molecule has 0 aliphatic rings. The molecule has 0 unspecified atom stereocenters. The van der Waals surface area contributed by atoms with Crippen molar-refractivity contribution in [2.45, 2.75) is 6.92 Å². The molecule has 0 aromatic heterocycles. The number of nitrogens with zero attached hydrogens (tertiary/aromatic N) is 1. The van der Waals surface area contributed by atoms with Gasteiger partial charge in [0.1, 0.15) is 5.75 Å². The minimum atomic E-state index is -0.557. The predicted octanol–water partition coefficient (Wildman–Crippen LogP) is 3.57. The van der Waals surface area contributed by atoms with E-state index in [2.05, 4.69) is 5.32 Å². The van der Waals surface area contributed by atoms with Crippen molar-refractivity contribution < 1.29 is 14.5 Å². The maximum absolute atomic E-state index is 11.8. The molecule has 22 heavy (non-hydrogen) atoms. The molecule has 0 saturated carbocycles. The molecule has 0 heterocycles. The normalized spacial score (nSPS) is 10.1. The van der Waals surface area contributed by atoms with Gasteiger partial charge < -0.3 is 10.1 Å². The molecule has 0 radical (unpaired) electrons. The van der Waals surface area contributed by atoms with Gasteiger partial charge in [-0.1, -0.05) is 23.7 Å². The average molecular weight is 321 g/mol. The van der Waals surface area contributed by atoms with E-state index in [1.807, 2.05) is 25.1 Å². The summed E-state index contributed by atoms with van der Waals surface area (Å²) in [5, 5.41) is 13.3. The minimum Gasteiger partial charge on any atom is -0.484 e. The van der Waals surface area contributed by atoms with Crippen molar-refractivity contribution in [1.29, 1.82) is 0 Å². The first-order chi connectivity index (χ1) is 10.5. The first-order valence-electron chi connectivity index (χ1n) is 6.39. The second-order valence-corrected chi connectivity index (χ2v) is 4.98. The standard InChI is InChI=1S/C15H13ClN2O4/c1-10-3-2-4-12(7-10)22-9-15(19)17-14-6-5-11(18(20)21)8-13(14)16/h2-8H,9H2,1H3,(H,17,19). The van der Waals surface area contributed by atoms with Gasteiger partial charge >= 0.3 is 0 Å². The fourth-order valence-electron chi connectivity index (χ4n) is 1.76. The van der Waals surface area contributed by atoms with Crippen LogP contribution in [0.4, 0.5) is 11.4 Å². The number of ether oxygens (including phenoxy) is 1. The molecule has 6 nitrogen and oxygen atoms in total. The molecule has 0 aliphatic carbocycles. The summed E-state index contributed by atoms with van der Waals surface area (Å²) in [6.07, 6.45) is 0. The Balaban J connectivity index is 1.96. The molecule has 0 aliphatic heterocycles. The third kappa shape index (κ3) is 4.20. The highest BCUT2D eigenvalue weighted by Crippen LogP contribution is 2.26. The quantitative estimate of drug-likeness (QED) is 0.674. The predicted molar refractivity (Wildman–Crippen MR) is 83.4 cm³/mol. The Hall–Kier alpha value is -2.60. The van der Waals surface area contributed by atoms with Gasteiger partial charge in [-0.05, 0) is 30.7 Å². The van der Waals surface area contributed by atoms with Crippen LogP contribution in [0, 0.1) is 17.0 Å². The summed E-state index contributed by atoms with van der Waals surface area (Å²) in [6, 6.07) is 11.1. The monoisotopic (exact) mass is 320 g/mol. The van der Waals surface area contributed by atoms with Crippen LogP contribution >= 0.6 is 11.6 Å². The van der Waals surface area contributed by atoms with E-state index in [0.29, 0.717) is 11.4 Å². The molecule has 2 aromatic rings. The van der Waals surface area contributed by atoms with Crippen LogP contribution in [0.5, 0.6) is 5.75 Å². The number of benzene rings is 2. The summed E-state index contributed by atoms with van der Waals surface area (Å²) in [7, 11) is 0. The molecule has 0 fully saturated rings. The number of rotatable bonds is 5. The lowest BCUT2D eigenvalue weighted by atomic mass is 10.2. The number of nitro groups is 1. The number of hydrogen-bond acceptors (Lipinski definition) is 4. The zero-order chi connectivity index (χ0) is 16.1. The van der Waals surface area contributed by atoms with Crippen LogP contribution in [0.3, 0.4) is 0 Å². The minimum absolute atomic E-state index is 0.0955. The van der Waals surface area contributed by atoms with Crippen molar-refractivity contribution in [2.75, 3.05) is 11.9 Å². The topological polar surface area (TPSA) is 81.5 Å². The van der Waals surface area contributed by atoms with E-state index in [1.165, 1.54) is 18.2 Å². The molecule has 0 saturated heterocycles. The molecule has 7 heteroatoms. The Labute approximate surface area is 131 Å². The Morgan fingerprint density at radius 1 is 1.32 bits per heavy atom. The van der Waals surface area contributed by atoms with Crippen LogP contribution in [0.25, 0.3) is 0 Å². The highest BCUT2D eigenvalue weighted by Gasteiger charge is 2.11. The fraction of sp³-hybridized carbons (Fsp3) is 0.133. The van der Waals surface area contributed by atoms with E-state index in [-0.39, 0.29) is 17.3 Å². The van der Waals surface area contributed by atoms with E-state index in [0.717, 1.165) is 5.56 Å². The van der Waals surface area contributed by atoms with Crippen molar-refractivity contribution in [3.63, 3.8) is 0 Å². The summed E-state index contributed by atoms with van der Waals surface area (Å²) in [4.78, 5) is 21.9. The Morgan fingerprint density at radius 3 is 2.73 bits per heavy atom. The average Bonchev–Trinajstić information content (AvgIpc) is 2.47. The van der Waals surface area contributed by atoms with E-state index < -0.39 is 10.8 Å². The number of amides is 1. The van der Waals surface area contributed by atoms with Gasteiger partial charge in [0.25, 0.3) is 11.6 Å². The van der Waals surface area contributed by atoms with Gasteiger partial charge in [-0.15, -0.1) is 0 Å². The van der Waals surface area contributed by atoms with Gasteiger partial charge in [-0.2, -0.15) is 0 Å². The van der Waals surface area contributed by atoms with E-state index in [1.54, 1.807) is 6.07 Å². The zero-order valence-electron chi connectivity index (χ0n) is 11.7. The Kier molecular flexibility index (Phi) is 4.95. The molecule has 2 rings (SSSR count). The summed E-state index contributed by atoms with van der Waals surface area (Å²) in [6.45, 7) is 1.74. The van der Waals surface area contributed by atoms with Crippen LogP contribution in [0.15, 0.2) is 42.5 Å². The van der Waals surface area contributed by atoms with Gasteiger partial charge in [0.2, 0.25) is 0 Å². The number of halogens is 1. The van der Waals surface area contributed by atoms with Crippen molar-refractivity contribution in [1.82, 2.24) is 0 Å². The number of aryl methyl sites for hydroxylation is 1. The van der Waals surface area contributed by atoms with Crippen molar-refractivity contribution >= 4 is 28.9 Å². The summed E-state index contributed by atoms with van der Waals surface area (Å²) < 4.78 is 5.36. The van der Waals surface area contributed by atoms with E-state index >= 15 is 0 Å². The highest BCUT2D eigenvalue weighted by atomic mass is 35.5. The molecular weight excluding hydrogens is 308 g/mol. The number of anilines is 1. The number of nitro benzene ring substituents is 1. The molecule has 1 N–H and O–H groups in total. The zero-order valence-corrected chi connectivity index (χ0v) is 12.5. The maximum atomic E-state index is 11.8. The molecular formula is C15H13ClN2O4. The largest absolute Gasteiger partial charge is 0.484 e. The molecule has 114 valence electrons. The van der Waals surface area contributed by atoms with E-state index in [9.17, 15) is 14.9 Å². The molecule has 0 bridgehead atoms. The summed E-state index contributed by atoms with van der Waals surface area (Å²) >= 11 is 5.90. The van der Waals surface area contributed by atoms with Gasteiger partial charge in [-0.25, -0.2) is 0 Å². The smallest absolute Gasteiger partial charge is 0.271 e. The third-order valence-electron chi connectivity index (χ3n) is 2.80.